The first kappa shape index (κ1) is 12.8. The van der Waals surface area contributed by atoms with Gasteiger partial charge in [0.15, 0.2) is 0 Å². The fraction of sp³-hybridized carbons (Fsp3) is 0.300. The predicted molar refractivity (Wildman–Crippen MR) is 61.8 cm³/mol. The van der Waals surface area contributed by atoms with Crippen LogP contribution in [0.3, 0.4) is 0 Å². The topological polar surface area (TPSA) is 66.9 Å². The summed E-state index contributed by atoms with van der Waals surface area (Å²) in [6.07, 6.45) is 0.497. The van der Waals surface area contributed by atoms with Crippen molar-refractivity contribution in [3.05, 3.63) is 37.9 Å². The molecule has 1 aromatic carbocycles. The van der Waals surface area contributed by atoms with E-state index in [9.17, 15) is 10.1 Å². The highest BCUT2D eigenvalue weighted by molar-refractivity contribution is 6.37. The van der Waals surface area contributed by atoms with E-state index in [2.05, 4.69) is 0 Å². The molecule has 0 amide bonds. The van der Waals surface area contributed by atoms with Crippen molar-refractivity contribution in [3.63, 3.8) is 0 Å². The summed E-state index contributed by atoms with van der Waals surface area (Å²) >= 11 is 11.8. The van der Waals surface area contributed by atoms with E-state index in [0.29, 0.717) is 12.0 Å². The van der Waals surface area contributed by atoms with Crippen LogP contribution in [-0.2, 0) is 0 Å². The largest absolute Gasteiger partial charge is 0.288 e. The molecule has 0 spiro atoms. The molecule has 0 aliphatic carbocycles. The van der Waals surface area contributed by atoms with E-state index < -0.39 is 10.8 Å². The van der Waals surface area contributed by atoms with Crippen LogP contribution in [0.25, 0.3) is 0 Å². The van der Waals surface area contributed by atoms with Gasteiger partial charge in [0.25, 0.3) is 5.69 Å². The summed E-state index contributed by atoms with van der Waals surface area (Å²) in [5.41, 5.74) is 0.109. The number of hydrogen-bond acceptors (Lipinski definition) is 3. The second-order valence-corrected chi connectivity index (χ2v) is 3.93. The Balaban J connectivity index is 3.43. The Morgan fingerprint density at radius 3 is 2.62 bits per heavy atom. The van der Waals surface area contributed by atoms with Gasteiger partial charge in [0.1, 0.15) is 5.02 Å². The number of nitro benzene ring substituents is 1. The van der Waals surface area contributed by atoms with Crippen molar-refractivity contribution in [2.45, 2.75) is 19.3 Å². The quantitative estimate of drug-likeness (QED) is 0.610. The van der Waals surface area contributed by atoms with Crippen LogP contribution in [0.2, 0.25) is 10.0 Å². The summed E-state index contributed by atoms with van der Waals surface area (Å²) in [5.74, 6) is -0.528. The van der Waals surface area contributed by atoms with E-state index >= 15 is 0 Å². The van der Waals surface area contributed by atoms with Gasteiger partial charge in [0.05, 0.1) is 16.9 Å². The molecule has 84 valence electrons. The van der Waals surface area contributed by atoms with Crippen LogP contribution in [0.1, 0.15) is 24.8 Å². The van der Waals surface area contributed by atoms with Crippen LogP contribution in [0.5, 0.6) is 0 Å². The first-order valence-corrected chi connectivity index (χ1v) is 5.30. The monoisotopic (exact) mass is 258 g/mol. The highest BCUT2D eigenvalue weighted by Gasteiger charge is 2.23. The summed E-state index contributed by atoms with van der Waals surface area (Å²) in [6, 6.07) is 4.65. The molecule has 0 radical (unpaired) electrons. The van der Waals surface area contributed by atoms with E-state index in [1.165, 1.54) is 12.1 Å². The number of benzene rings is 1. The number of halogens is 2. The van der Waals surface area contributed by atoms with Gasteiger partial charge in [-0.15, -0.1) is 0 Å². The lowest BCUT2D eigenvalue weighted by molar-refractivity contribution is -0.384. The number of hydrogen-bond donors (Lipinski definition) is 0. The average Bonchev–Trinajstić information content (AvgIpc) is 2.23. The van der Waals surface area contributed by atoms with Gasteiger partial charge in [-0.2, -0.15) is 5.26 Å². The minimum atomic E-state index is -0.591. The van der Waals surface area contributed by atoms with Crippen molar-refractivity contribution in [2.24, 2.45) is 0 Å². The van der Waals surface area contributed by atoms with Crippen LogP contribution >= 0.6 is 23.2 Å². The molecule has 0 aliphatic heterocycles. The number of nitriles is 1. The Bertz CT molecular complexity index is 469. The third-order valence-electron chi connectivity index (χ3n) is 2.22. The molecule has 0 fully saturated rings. The molecule has 0 N–H and O–H groups in total. The number of rotatable bonds is 3. The van der Waals surface area contributed by atoms with Crippen LogP contribution in [-0.4, -0.2) is 4.92 Å². The Labute approximate surface area is 103 Å². The van der Waals surface area contributed by atoms with Gasteiger partial charge < -0.3 is 0 Å². The average molecular weight is 259 g/mol. The molecule has 0 aromatic heterocycles. The van der Waals surface area contributed by atoms with Gasteiger partial charge in [0.2, 0.25) is 0 Å². The molecule has 6 heteroatoms. The van der Waals surface area contributed by atoms with Gasteiger partial charge in [-0.3, -0.25) is 10.1 Å². The third kappa shape index (κ3) is 2.26. The summed E-state index contributed by atoms with van der Waals surface area (Å²) in [5, 5.41) is 19.8. The van der Waals surface area contributed by atoms with Crippen molar-refractivity contribution < 1.29 is 4.92 Å². The van der Waals surface area contributed by atoms with Crippen LogP contribution < -0.4 is 0 Å². The third-order valence-corrected chi connectivity index (χ3v) is 2.94. The molecule has 0 aliphatic rings. The zero-order valence-electron chi connectivity index (χ0n) is 8.41. The van der Waals surface area contributed by atoms with Crippen molar-refractivity contribution in [2.75, 3.05) is 0 Å². The van der Waals surface area contributed by atoms with Crippen LogP contribution in [0, 0.1) is 21.4 Å². The number of nitrogens with zero attached hydrogens (tertiary/aromatic N) is 2. The second kappa shape index (κ2) is 5.15. The molecule has 0 saturated heterocycles. The Morgan fingerprint density at radius 1 is 1.56 bits per heavy atom. The smallest absolute Gasteiger partial charge is 0.258 e. The molecular formula is C10H8Cl2N2O2. The molecule has 1 aromatic rings. The van der Waals surface area contributed by atoms with Crippen molar-refractivity contribution in [1.29, 1.82) is 5.26 Å². The van der Waals surface area contributed by atoms with E-state index in [1.54, 1.807) is 6.92 Å². The maximum atomic E-state index is 10.7. The summed E-state index contributed by atoms with van der Waals surface area (Å²) < 4.78 is 0. The lowest BCUT2D eigenvalue weighted by Crippen LogP contribution is -1.99. The van der Waals surface area contributed by atoms with Crippen molar-refractivity contribution >= 4 is 28.9 Å². The molecule has 1 unspecified atom stereocenters. The fourth-order valence-electron chi connectivity index (χ4n) is 1.38. The maximum Gasteiger partial charge on any atom is 0.288 e. The minimum absolute atomic E-state index is 0.0501. The van der Waals surface area contributed by atoms with Gasteiger partial charge >= 0.3 is 0 Å². The van der Waals surface area contributed by atoms with Gasteiger partial charge in [-0.1, -0.05) is 30.1 Å². The lowest BCUT2D eigenvalue weighted by Gasteiger charge is -2.10. The Morgan fingerprint density at radius 2 is 2.19 bits per heavy atom. The lowest BCUT2D eigenvalue weighted by atomic mass is 9.97. The summed E-state index contributed by atoms with van der Waals surface area (Å²) in [6.45, 7) is 1.79. The highest BCUT2D eigenvalue weighted by Crippen LogP contribution is 2.38. The summed E-state index contributed by atoms with van der Waals surface area (Å²) in [7, 11) is 0. The molecule has 1 atom stereocenters. The molecule has 0 bridgehead atoms. The Kier molecular flexibility index (Phi) is 4.11. The van der Waals surface area contributed by atoms with Crippen molar-refractivity contribution in [1.82, 2.24) is 0 Å². The Hall–Kier alpha value is -1.31. The van der Waals surface area contributed by atoms with Gasteiger partial charge in [0, 0.05) is 16.7 Å². The highest BCUT2D eigenvalue weighted by atomic mass is 35.5. The van der Waals surface area contributed by atoms with Gasteiger partial charge in [-0.05, 0) is 12.5 Å². The van der Waals surface area contributed by atoms with Crippen molar-refractivity contribution in [3.8, 4) is 6.07 Å². The summed E-state index contributed by atoms with van der Waals surface area (Å²) in [4.78, 5) is 10.1. The van der Waals surface area contributed by atoms with Crippen LogP contribution in [0.15, 0.2) is 12.1 Å². The molecule has 0 heterocycles. The molecular weight excluding hydrogens is 251 g/mol. The maximum absolute atomic E-state index is 10.7. The molecule has 4 nitrogen and oxygen atoms in total. The zero-order valence-corrected chi connectivity index (χ0v) is 9.92. The minimum Gasteiger partial charge on any atom is -0.258 e. The van der Waals surface area contributed by atoms with E-state index in [-0.39, 0.29) is 15.7 Å². The van der Waals surface area contributed by atoms with E-state index in [1.807, 2.05) is 6.07 Å². The molecule has 0 saturated carbocycles. The first-order chi connectivity index (χ1) is 7.52. The number of nitro groups is 1. The standard InChI is InChI=1S/C10H8Cl2N2O2/c1-2-6(5-13)9-7(11)3-4-8(10(9)12)14(15)16/h3-4,6H,2H2,1H3. The zero-order chi connectivity index (χ0) is 12.3. The molecule has 1 rings (SSSR count). The normalized spacial score (nSPS) is 11.9. The fourth-order valence-corrected chi connectivity index (χ4v) is 2.08. The van der Waals surface area contributed by atoms with E-state index in [4.69, 9.17) is 28.5 Å². The van der Waals surface area contributed by atoms with E-state index in [0.717, 1.165) is 0 Å². The SMILES string of the molecule is CCC(C#N)c1c(Cl)ccc([N+](=O)[O-])c1Cl. The predicted octanol–water partition coefficient (Wildman–Crippen LogP) is 3.92. The van der Waals surface area contributed by atoms with Gasteiger partial charge in [-0.25, -0.2) is 0 Å². The molecule has 16 heavy (non-hydrogen) atoms. The first-order valence-electron chi connectivity index (χ1n) is 4.54. The second-order valence-electron chi connectivity index (χ2n) is 3.14. The van der Waals surface area contributed by atoms with Crippen LogP contribution in [0.4, 0.5) is 5.69 Å².